The summed E-state index contributed by atoms with van der Waals surface area (Å²) in [5.74, 6) is 0.933. The van der Waals surface area contributed by atoms with Gasteiger partial charge in [0.05, 0.1) is 7.11 Å². The van der Waals surface area contributed by atoms with Crippen LogP contribution in [0.5, 0.6) is 5.75 Å². The first-order chi connectivity index (χ1) is 7.11. The zero-order chi connectivity index (χ0) is 11.4. The van der Waals surface area contributed by atoms with Crippen molar-refractivity contribution in [3.63, 3.8) is 0 Å². The van der Waals surface area contributed by atoms with Gasteiger partial charge in [-0.2, -0.15) is 0 Å². The predicted molar refractivity (Wildman–Crippen MR) is 64.8 cm³/mol. The number of benzene rings is 1. The summed E-state index contributed by atoms with van der Waals surface area (Å²) in [6, 6.07) is 6.39. The summed E-state index contributed by atoms with van der Waals surface area (Å²) < 4.78 is 5.39. The van der Waals surface area contributed by atoms with E-state index >= 15 is 0 Å². The van der Waals surface area contributed by atoms with E-state index < -0.39 is 0 Å². The average Bonchev–Trinajstić information content (AvgIpc) is 2.26. The molecule has 0 amide bonds. The van der Waals surface area contributed by atoms with E-state index in [-0.39, 0.29) is 6.04 Å². The minimum Gasteiger partial charge on any atom is -0.496 e. The van der Waals surface area contributed by atoms with Gasteiger partial charge in [0, 0.05) is 31.4 Å². The lowest BCUT2D eigenvalue weighted by Gasteiger charge is -2.23. The quantitative estimate of drug-likeness (QED) is 0.819. The molecule has 0 aliphatic carbocycles. The van der Waals surface area contributed by atoms with Crippen LogP contribution >= 0.6 is 0 Å². The molecule has 0 fully saturated rings. The summed E-state index contributed by atoms with van der Waals surface area (Å²) in [5, 5.41) is 3.24. The van der Waals surface area contributed by atoms with Gasteiger partial charge in [0.2, 0.25) is 0 Å². The number of ether oxygens (including phenoxy) is 1. The number of methoxy groups -OCH3 is 1. The number of nitrogens with one attached hydrogen (secondary N) is 1. The predicted octanol–water partition coefficient (Wildman–Crippen LogP) is 2.04. The monoisotopic (exact) mass is 208 g/mol. The lowest BCUT2D eigenvalue weighted by Crippen LogP contribution is -2.19. The van der Waals surface area contributed by atoms with Crippen LogP contribution in [0.25, 0.3) is 0 Å². The molecule has 84 valence electrons. The Kier molecular flexibility index (Phi) is 3.97. The number of hydrogen-bond donors (Lipinski definition) is 1. The molecule has 0 spiro atoms. The van der Waals surface area contributed by atoms with Crippen LogP contribution in [0, 0.1) is 0 Å². The third-order valence-electron chi connectivity index (χ3n) is 2.61. The van der Waals surface area contributed by atoms with Crippen LogP contribution in [0.3, 0.4) is 0 Å². The topological polar surface area (TPSA) is 24.5 Å². The SMILES string of the molecule is CNC(C)c1c(OC)cccc1N(C)C. The minimum absolute atomic E-state index is 0.276. The molecular formula is C12H20N2O. The van der Waals surface area contributed by atoms with Crippen molar-refractivity contribution >= 4 is 5.69 Å². The molecule has 3 heteroatoms. The molecule has 0 saturated carbocycles. The van der Waals surface area contributed by atoms with E-state index in [4.69, 9.17) is 4.74 Å². The van der Waals surface area contributed by atoms with Crippen molar-refractivity contribution in [3.05, 3.63) is 23.8 Å². The highest BCUT2D eigenvalue weighted by Gasteiger charge is 2.15. The number of rotatable bonds is 4. The average molecular weight is 208 g/mol. The normalized spacial score (nSPS) is 12.3. The van der Waals surface area contributed by atoms with Gasteiger partial charge in [0.1, 0.15) is 5.75 Å². The molecular weight excluding hydrogens is 188 g/mol. The minimum atomic E-state index is 0.276. The van der Waals surface area contributed by atoms with Gasteiger partial charge in [-0.15, -0.1) is 0 Å². The molecule has 1 unspecified atom stereocenters. The van der Waals surface area contributed by atoms with Crippen molar-refractivity contribution in [3.8, 4) is 5.75 Å². The third-order valence-corrected chi connectivity index (χ3v) is 2.61. The van der Waals surface area contributed by atoms with E-state index in [1.54, 1.807) is 7.11 Å². The summed E-state index contributed by atoms with van der Waals surface area (Å²) >= 11 is 0. The van der Waals surface area contributed by atoms with E-state index in [1.165, 1.54) is 11.3 Å². The fourth-order valence-electron chi connectivity index (χ4n) is 1.68. The van der Waals surface area contributed by atoms with Crippen LogP contribution in [0.2, 0.25) is 0 Å². The van der Waals surface area contributed by atoms with Gasteiger partial charge in [-0.25, -0.2) is 0 Å². The molecule has 0 aliphatic heterocycles. The molecule has 0 radical (unpaired) electrons. The Morgan fingerprint density at radius 2 is 2.00 bits per heavy atom. The highest BCUT2D eigenvalue weighted by atomic mass is 16.5. The smallest absolute Gasteiger partial charge is 0.125 e. The van der Waals surface area contributed by atoms with Crippen molar-refractivity contribution in [1.29, 1.82) is 0 Å². The second kappa shape index (κ2) is 5.03. The summed E-state index contributed by atoms with van der Waals surface area (Å²) in [7, 11) is 7.75. The van der Waals surface area contributed by atoms with Gasteiger partial charge < -0.3 is 15.0 Å². The van der Waals surface area contributed by atoms with Gasteiger partial charge >= 0.3 is 0 Å². The standard InChI is InChI=1S/C12H20N2O/c1-9(13-2)12-10(14(3)4)7-6-8-11(12)15-5/h6-9,13H,1-5H3. The Labute approximate surface area is 92.0 Å². The largest absolute Gasteiger partial charge is 0.496 e. The maximum absolute atomic E-state index is 5.39. The fraction of sp³-hybridized carbons (Fsp3) is 0.500. The maximum Gasteiger partial charge on any atom is 0.125 e. The highest BCUT2D eigenvalue weighted by Crippen LogP contribution is 2.33. The molecule has 1 N–H and O–H groups in total. The van der Waals surface area contributed by atoms with Crippen molar-refractivity contribution in [2.24, 2.45) is 0 Å². The fourth-order valence-corrected chi connectivity index (χ4v) is 1.68. The summed E-state index contributed by atoms with van der Waals surface area (Å²) in [5.41, 5.74) is 2.39. The molecule has 1 atom stereocenters. The Bertz CT molecular complexity index is 323. The van der Waals surface area contributed by atoms with Gasteiger partial charge in [0.25, 0.3) is 0 Å². The van der Waals surface area contributed by atoms with E-state index in [9.17, 15) is 0 Å². The first kappa shape index (κ1) is 11.9. The van der Waals surface area contributed by atoms with Gasteiger partial charge in [-0.1, -0.05) is 6.07 Å². The molecule has 0 heterocycles. The molecule has 0 aromatic heterocycles. The lowest BCUT2D eigenvalue weighted by atomic mass is 10.0. The van der Waals surface area contributed by atoms with Crippen LogP contribution < -0.4 is 15.0 Å². The van der Waals surface area contributed by atoms with Crippen molar-refractivity contribution in [2.75, 3.05) is 33.2 Å². The second-order valence-corrected chi connectivity index (χ2v) is 3.80. The maximum atomic E-state index is 5.39. The third kappa shape index (κ3) is 2.42. The summed E-state index contributed by atoms with van der Waals surface area (Å²) in [6.07, 6.45) is 0. The van der Waals surface area contributed by atoms with Crippen LogP contribution in [0.4, 0.5) is 5.69 Å². The number of nitrogens with zero attached hydrogens (tertiary/aromatic N) is 1. The Morgan fingerprint density at radius 1 is 1.33 bits per heavy atom. The van der Waals surface area contributed by atoms with Crippen molar-refractivity contribution in [2.45, 2.75) is 13.0 Å². The second-order valence-electron chi connectivity index (χ2n) is 3.80. The van der Waals surface area contributed by atoms with Gasteiger partial charge in [0.15, 0.2) is 0 Å². The number of anilines is 1. The van der Waals surface area contributed by atoms with Crippen LogP contribution in [0.1, 0.15) is 18.5 Å². The first-order valence-electron chi connectivity index (χ1n) is 5.13. The Balaban J connectivity index is 3.26. The number of hydrogen-bond acceptors (Lipinski definition) is 3. The molecule has 1 rings (SSSR count). The Hall–Kier alpha value is -1.22. The molecule has 15 heavy (non-hydrogen) atoms. The molecule has 1 aromatic rings. The molecule has 3 nitrogen and oxygen atoms in total. The highest BCUT2D eigenvalue weighted by molar-refractivity contribution is 5.59. The molecule has 0 bridgehead atoms. The van der Waals surface area contributed by atoms with E-state index in [2.05, 4.69) is 23.2 Å². The van der Waals surface area contributed by atoms with Gasteiger partial charge in [-0.3, -0.25) is 0 Å². The zero-order valence-electron chi connectivity index (χ0n) is 10.2. The summed E-state index contributed by atoms with van der Waals surface area (Å²) in [6.45, 7) is 2.13. The first-order valence-corrected chi connectivity index (χ1v) is 5.13. The van der Waals surface area contributed by atoms with Crippen LogP contribution in [-0.2, 0) is 0 Å². The van der Waals surface area contributed by atoms with Crippen molar-refractivity contribution in [1.82, 2.24) is 5.32 Å². The lowest BCUT2D eigenvalue weighted by molar-refractivity contribution is 0.404. The van der Waals surface area contributed by atoms with Crippen molar-refractivity contribution < 1.29 is 4.74 Å². The summed E-state index contributed by atoms with van der Waals surface area (Å²) in [4.78, 5) is 2.10. The molecule has 0 aliphatic rings. The van der Waals surface area contributed by atoms with Gasteiger partial charge in [-0.05, 0) is 26.1 Å². The zero-order valence-corrected chi connectivity index (χ0v) is 10.2. The molecule has 0 saturated heterocycles. The molecule has 1 aromatic carbocycles. The van der Waals surface area contributed by atoms with Crippen LogP contribution in [-0.4, -0.2) is 28.3 Å². The van der Waals surface area contributed by atoms with E-state index in [0.29, 0.717) is 0 Å². The Morgan fingerprint density at radius 3 is 2.47 bits per heavy atom. The van der Waals surface area contributed by atoms with Crippen LogP contribution in [0.15, 0.2) is 18.2 Å². The van der Waals surface area contributed by atoms with E-state index in [1.807, 2.05) is 33.3 Å². The van der Waals surface area contributed by atoms with E-state index in [0.717, 1.165) is 5.75 Å².